The first-order valence-electron chi connectivity index (χ1n) is 5.32. The molecule has 0 amide bonds. The molecule has 1 rings (SSSR count). The Morgan fingerprint density at radius 3 is 2.61 bits per heavy atom. The van der Waals surface area contributed by atoms with Crippen LogP contribution >= 0.6 is 15.9 Å². The van der Waals surface area contributed by atoms with Crippen molar-refractivity contribution in [2.45, 2.75) is 24.3 Å². The standard InChI is InChI=1S/C11H16BrNO4S/c1-8(5-6-16-2)17-11-4-3-9(7-10(11)12)18(13,14)15/h3-4,7-8H,5-6H2,1-2H3,(H2,13,14,15). The van der Waals surface area contributed by atoms with Crippen molar-refractivity contribution in [3.05, 3.63) is 22.7 Å². The summed E-state index contributed by atoms with van der Waals surface area (Å²) in [5, 5.41) is 5.04. The van der Waals surface area contributed by atoms with E-state index < -0.39 is 10.0 Å². The molecular formula is C11H16BrNO4S. The van der Waals surface area contributed by atoms with E-state index >= 15 is 0 Å². The molecule has 0 spiro atoms. The summed E-state index contributed by atoms with van der Waals surface area (Å²) in [6, 6.07) is 4.42. The van der Waals surface area contributed by atoms with Crippen LogP contribution in [-0.4, -0.2) is 28.2 Å². The van der Waals surface area contributed by atoms with Gasteiger partial charge in [0, 0.05) is 20.1 Å². The van der Waals surface area contributed by atoms with Crippen molar-refractivity contribution in [1.29, 1.82) is 0 Å². The molecule has 0 radical (unpaired) electrons. The molecule has 1 atom stereocenters. The van der Waals surface area contributed by atoms with Gasteiger partial charge in [0.2, 0.25) is 10.0 Å². The van der Waals surface area contributed by atoms with Gasteiger partial charge >= 0.3 is 0 Å². The number of hydrogen-bond acceptors (Lipinski definition) is 4. The topological polar surface area (TPSA) is 78.6 Å². The van der Waals surface area contributed by atoms with Gasteiger partial charge in [0.05, 0.1) is 15.5 Å². The van der Waals surface area contributed by atoms with E-state index in [1.54, 1.807) is 13.2 Å². The van der Waals surface area contributed by atoms with Crippen LogP contribution in [-0.2, 0) is 14.8 Å². The first kappa shape index (κ1) is 15.4. The average molecular weight is 338 g/mol. The van der Waals surface area contributed by atoms with Gasteiger partial charge in [0.15, 0.2) is 0 Å². The number of sulfonamides is 1. The van der Waals surface area contributed by atoms with Gasteiger partial charge in [-0.2, -0.15) is 0 Å². The number of methoxy groups -OCH3 is 1. The minimum Gasteiger partial charge on any atom is -0.489 e. The van der Waals surface area contributed by atoms with E-state index in [1.165, 1.54) is 12.1 Å². The third-order valence-corrected chi connectivity index (χ3v) is 3.82. The van der Waals surface area contributed by atoms with Gasteiger partial charge < -0.3 is 9.47 Å². The zero-order valence-electron chi connectivity index (χ0n) is 10.2. The van der Waals surface area contributed by atoms with Gasteiger partial charge in [0.1, 0.15) is 5.75 Å². The van der Waals surface area contributed by atoms with Crippen LogP contribution in [0.2, 0.25) is 0 Å². The minimum atomic E-state index is -3.69. The monoisotopic (exact) mass is 337 g/mol. The molecule has 7 heteroatoms. The molecule has 1 aromatic carbocycles. The zero-order chi connectivity index (χ0) is 13.8. The fraction of sp³-hybridized carbons (Fsp3) is 0.455. The van der Waals surface area contributed by atoms with E-state index in [1.807, 2.05) is 6.92 Å². The number of primary sulfonamides is 1. The Hall–Kier alpha value is -0.630. The lowest BCUT2D eigenvalue weighted by Crippen LogP contribution is -2.15. The van der Waals surface area contributed by atoms with Crippen LogP contribution < -0.4 is 9.88 Å². The Balaban J connectivity index is 2.80. The van der Waals surface area contributed by atoms with Crippen LogP contribution in [0.4, 0.5) is 0 Å². The average Bonchev–Trinajstić information content (AvgIpc) is 2.27. The summed E-state index contributed by atoms with van der Waals surface area (Å²) < 4.78 is 33.5. The first-order chi connectivity index (χ1) is 8.34. The molecule has 2 N–H and O–H groups in total. The molecule has 0 aliphatic rings. The summed E-state index contributed by atoms with van der Waals surface area (Å²) in [5.74, 6) is 0.575. The highest BCUT2D eigenvalue weighted by atomic mass is 79.9. The second-order valence-electron chi connectivity index (χ2n) is 3.85. The molecule has 5 nitrogen and oxygen atoms in total. The van der Waals surface area contributed by atoms with Gasteiger partial charge in [-0.1, -0.05) is 0 Å². The van der Waals surface area contributed by atoms with Crippen LogP contribution in [0.5, 0.6) is 5.75 Å². The SMILES string of the molecule is COCCC(C)Oc1ccc(S(N)(=O)=O)cc1Br. The number of halogens is 1. The smallest absolute Gasteiger partial charge is 0.238 e. The molecule has 0 fully saturated rings. The zero-order valence-corrected chi connectivity index (χ0v) is 12.6. The van der Waals surface area contributed by atoms with Gasteiger partial charge in [-0.15, -0.1) is 0 Å². The highest BCUT2D eigenvalue weighted by molar-refractivity contribution is 9.10. The minimum absolute atomic E-state index is 0.0263. The van der Waals surface area contributed by atoms with Crippen molar-refractivity contribution in [3.63, 3.8) is 0 Å². The highest BCUT2D eigenvalue weighted by Gasteiger charge is 2.12. The molecule has 0 aliphatic carbocycles. The van der Waals surface area contributed by atoms with E-state index in [-0.39, 0.29) is 11.0 Å². The molecule has 0 saturated heterocycles. The maximum Gasteiger partial charge on any atom is 0.238 e. The Morgan fingerprint density at radius 1 is 1.44 bits per heavy atom. The number of ether oxygens (including phenoxy) is 2. The summed E-state index contributed by atoms with van der Waals surface area (Å²) in [6.45, 7) is 2.52. The first-order valence-corrected chi connectivity index (χ1v) is 7.66. The van der Waals surface area contributed by atoms with E-state index in [4.69, 9.17) is 14.6 Å². The molecule has 102 valence electrons. The Labute approximate surface area is 115 Å². The molecule has 0 heterocycles. The van der Waals surface area contributed by atoms with E-state index in [9.17, 15) is 8.42 Å². The normalized spacial score (nSPS) is 13.3. The lowest BCUT2D eigenvalue weighted by Gasteiger charge is -2.15. The Morgan fingerprint density at radius 2 is 2.11 bits per heavy atom. The van der Waals surface area contributed by atoms with Gasteiger partial charge in [-0.25, -0.2) is 13.6 Å². The molecular weight excluding hydrogens is 322 g/mol. The summed E-state index contributed by atoms with van der Waals surface area (Å²) >= 11 is 3.26. The number of nitrogens with two attached hydrogens (primary N) is 1. The van der Waals surface area contributed by atoms with E-state index in [0.717, 1.165) is 6.42 Å². The van der Waals surface area contributed by atoms with Crippen molar-refractivity contribution in [2.24, 2.45) is 5.14 Å². The Kier molecular flexibility index (Phi) is 5.58. The van der Waals surface area contributed by atoms with Gasteiger partial charge in [0.25, 0.3) is 0 Å². The molecule has 1 unspecified atom stereocenters. The Bertz CT molecular complexity index is 504. The fourth-order valence-electron chi connectivity index (χ4n) is 1.31. The molecule has 0 saturated carbocycles. The van der Waals surface area contributed by atoms with Crippen molar-refractivity contribution >= 4 is 26.0 Å². The third kappa shape index (κ3) is 4.56. The fourth-order valence-corrected chi connectivity index (χ4v) is 2.48. The number of rotatable bonds is 6. The molecule has 18 heavy (non-hydrogen) atoms. The van der Waals surface area contributed by atoms with Gasteiger partial charge in [-0.05, 0) is 41.1 Å². The predicted octanol–water partition coefficient (Wildman–Crippen LogP) is 1.90. The molecule has 0 aliphatic heterocycles. The maximum absolute atomic E-state index is 11.2. The maximum atomic E-state index is 11.2. The van der Waals surface area contributed by atoms with Crippen LogP contribution in [0.1, 0.15) is 13.3 Å². The quantitative estimate of drug-likeness (QED) is 0.859. The number of hydrogen-bond donors (Lipinski definition) is 1. The van der Waals surface area contributed by atoms with Crippen LogP contribution in [0.3, 0.4) is 0 Å². The van der Waals surface area contributed by atoms with Crippen molar-refractivity contribution in [3.8, 4) is 5.75 Å². The summed E-state index contributed by atoms with van der Waals surface area (Å²) in [7, 11) is -2.06. The summed E-state index contributed by atoms with van der Waals surface area (Å²) in [6.07, 6.45) is 0.724. The van der Waals surface area contributed by atoms with Crippen LogP contribution in [0.15, 0.2) is 27.6 Å². The van der Waals surface area contributed by atoms with Gasteiger partial charge in [-0.3, -0.25) is 0 Å². The van der Waals surface area contributed by atoms with Crippen LogP contribution in [0.25, 0.3) is 0 Å². The molecule has 0 aromatic heterocycles. The predicted molar refractivity (Wildman–Crippen MR) is 72.1 cm³/mol. The lowest BCUT2D eigenvalue weighted by molar-refractivity contribution is 0.134. The summed E-state index contributed by atoms with van der Waals surface area (Å²) in [5.41, 5.74) is 0. The van der Waals surface area contributed by atoms with Crippen molar-refractivity contribution in [1.82, 2.24) is 0 Å². The molecule has 0 bridgehead atoms. The largest absolute Gasteiger partial charge is 0.489 e. The van der Waals surface area contributed by atoms with E-state index in [2.05, 4.69) is 15.9 Å². The highest BCUT2D eigenvalue weighted by Crippen LogP contribution is 2.28. The number of benzene rings is 1. The van der Waals surface area contributed by atoms with Crippen molar-refractivity contribution in [2.75, 3.05) is 13.7 Å². The second-order valence-corrected chi connectivity index (χ2v) is 6.26. The van der Waals surface area contributed by atoms with Crippen molar-refractivity contribution < 1.29 is 17.9 Å². The molecule has 1 aromatic rings. The second kappa shape index (κ2) is 6.51. The van der Waals surface area contributed by atoms with E-state index in [0.29, 0.717) is 16.8 Å². The van der Waals surface area contributed by atoms with Crippen LogP contribution in [0, 0.1) is 0 Å². The summed E-state index contributed by atoms with van der Waals surface area (Å²) in [4.78, 5) is 0.0475. The third-order valence-electron chi connectivity index (χ3n) is 2.29. The lowest BCUT2D eigenvalue weighted by atomic mass is 10.3.